The molecular weight excluding hydrogens is 198 g/mol. The highest BCUT2D eigenvalue weighted by atomic mass is 15.3. The molecule has 80 valence electrons. The number of nitrogens with zero attached hydrogens (tertiary/aromatic N) is 3. The summed E-state index contributed by atoms with van der Waals surface area (Å²) in [6.07, 6.45) is 4.12. The highest BCUT2D eigenvalue weighted by Gasteiger charge is 2.07. The zero-order valence-electron chi connectivity index (χ0n) is 9.17. The van der Waals surface area contributed by atoms with Gasteiger partial charge < -0.3 is 4.57 Å². The molecule has 3 heteroatoms. The van der Waals surface area contributed by atoms with E-state index in [9.17, 15) is 0 Å². The van der Waals surface area contributed by atoms with E-state index < -0.39 is 0 Å². The molecule has 2 heterocycles. The van der Waals surface area contributed by atoms with E-state index in [4.69, 9.17) is 0 Å². The number of rotatable bonds is 2. The number of para-hydroxylation sites is 1. The molecule has 1 aromatic carbocycles. The van der Waals surface area contributed by atoms with E-state index in [0.717, 1.165) is 12.2 Å². The molecule has 2 aromatic heterocycles. The van der Waals surface area contributed by atoms with Crippen molar-refractivity contribution in [1.29, 1.82) is 0 Å². The van der Waals surface area contributed by atoms with Crippen molar-refractivity contribution in [2.75, 3.05) is 0 Å². The Morgan fingerprint density at radius 2 is 1.81 bits per heavy atom. The number of benzene rings is 1. The zero-order chi connectivity index (χ0) is 11.0. The van der Waals surface area contributed by atoms with E-state index in [2.05, 4.69) is 40.3 Å². The molecule has 0 unspecified atom stereocenters. The molecule has 3 nitrogen and oxygen atoms in total. The van der Waals surface area contributed by atoms with Gasteiger partial charge in [0.1, 0.15) is 0 Å². The summed E-state index contributed by atoms with van der Waals surface area (Å²) in [6.45, 7) is 0.828. The first-order valence-corrected chi connectivity index (χ1v) is 5.36. The molecule has 3 aromatic rings. The summed E-state index contributed by atoms with van der Waals surface area (Å²) in [5, 5.41) is 5.80. The Labute approximate surface area is 93.9 Å². The second-order valence-corrected chi connectivity index (χ2v) is 3.94. The summed E-state index contributed by atoms with van der Waals surface area (Å²) in [5.74, 6) is 0. The van der Waals surface area contributed by atoms with Gasteiger partial charge in [0.15, 0.2) is 0 Å². The topological polar surface area (TPSA) is 22.8 Å². The average Bonchev–Trinajstić information content (AvgIpc) is 2.90. The molecule has 0 spiro atoms. The fourth-order valence-electron chi connectivity index (χ4n) is 2.05. The van der Waals surface area contributed by atoms with Gasteiger partial charge in [0, 0.05) is 24.8 Å². The fraction of sp³-hybridized carbons (Fsp3) is 0.154. The van der Waals surface area contributed by atoms with Gasteiger partial charge in [-0.3, -0.25) is 4.68 Å². The molecule has 0 aliphatic rings. The molecule has 3 rings (SSSR count). The lowest BCUT2D eigenvalue weighted by Crippen LogP contribution is -1.98. The van der Waals surface area contributed by atoms with Crippen LogP contribution in [-0.4, -0.2) is 14.3 Å². The molecule has 0 saturated carbocycles. The number of hydrogen-bond acceptors (Lipinski definition) is 1. The third-order valence-electron chi connectivity index (χ3n) is 2.83. The standard InChI is InChI=1S/C13H13N3/c1-15-13-7-3-2-6-11(13)12(14-15)10-16-8-4-5-9-16/h2-9H,10H2,1H3. The van der Waals surface area contributed by atoms with E-state index in [1.807, 2.05) is 29.9 Å². The van der Waals surface area contributed by atoms with E-state index in [1.54, 1.807) is 0 Å². The van der Waals surface area contributed by atoms with Gasteiger partial charge in [0.05, 0.1) is 17.8 Å². The lowest BCUT2D eigenvalue weighted by atomic mass is 10.2. The highest BCUT2D eigenvalue weighted by Crippen LogP contribution is 2.18. The number of fused-ring (bicyclic) bond motifs is 1. The van der Waals surface area contributed by atoms with Crippen LogP contribution in [0, 0.1) is 0 Å². The third kappa shape index (κ3) is 1.41. The lowest BCUT2D eigenvalue weighted by Gasteiger charge is -1.99. The number of aromatic nitrogens is 3. The minimum atomic E-state index is 0.828. The van der Waals surface area contributed by atoms with Crippen LogP contribution in [0.3, 0.4) is 0 Å². The Balaban J connectivity index is 2.10. The monoisotopic (exact) mass is 211 g/mol. The first-order valence-electron chi connectivity index (χ1n) is 5.36. The Kier molecular flexibility index (Phi) is 2.03. The Morgan fingerprint density at radius 1 is 1.06 bits per heavy atom. The summed E-state index contributed by atoms with van der Waals surface area (Å²) in [7, 11) is 1.99. The van der Waals surface area contributed by atoms with Crippen molar-refractivity contribution < 1.29 is 0 Å². The predicted octanol–water partition coefficient (Wildman–Crippen LogP) is 2.42. The Morgan fingerprint density at radius 3 is 2.62 bits per heavy atom. The van der Waals surface area contributed by atoms with Gasteiger partial charge in [-0.25, -0.2) is 0 Å². The van der Waals surface area contributed by atoms with Crippen LogP contribution < -0.4 is 0 Å². The molecule has 0 saturated heterocycles. The SMILES string of the molecule is Cn1nc(Cn2cccc2)c2ccccc21. The summed E-state index contributed by atoms with van der Waals surface area (Å²) in [4.78, 5) is 0. The van der Waals surface area contributed by atoms with Crippen molar-refractivity contribution in [3.8, 4) is 0 Å². The van der Waals surface area contributed by atoms with Crippen LogP contribution in [0.4, 0.5) is 0 Å². The maximum Gasteiger partial charge on any atom is 0.0900 e. The molecule has 0 aliphatic heterocycles. The molecule has 0 N–H and O–H groups in total. The van der Waals surface area contributed by atoms with Crippen LogP contribution in [0.25, 0.3) is 10.9 Å². The molecule has 0 atom stereocenters. The average molecular weight is 211 g/mol. The van der Waals surface area contributed by atoms with Gasteiger partial charge in [0.25, 0.3) is 0 Å². The quantitative estimate of drug-likeness (QED) is 0.638. The van der Waals surface area contributed by atoms with Crippen molar-refractivity contribution in [1.82, 2.24) is 14.3 Å². The minimum Gasteiger partial charge on any atom is -0.348 e. The van der Waals surface area contributed by atoms with Gasteiger partial charge in [0.2, 0.25) is 0 Å². The molecule has 0 radical (unpaired) electrons. The maximum absolute atomic E-state index is 4.56. The van der Waals surface area contributed by atoms with Crippen molar-refractivity contribution in [2.24, 2.45) is 7.05 Å². The van der Waals surface area contributed by atoms with Crippen molar-refractivity contribution in [3.63, 3.8) is 0 Å². The molecule has 0 fully saturated rings. The summed E-state index contributed by atoms with van der Waals surface area (Å²) < 4.78 is 4.07. The van der Waals surface area contributed by atoms with Crippen LogP contribution in [0.2, 0.25) is 0 Å². The molecule has 0 bridgehead atoms. The third-order valence-corrected chi connectivity index (χ3v) is 2.83. The fourth-order valence-corrected chi connectivity index (χ4v) is 2.05. The normalized spacial score (nSPS) is 11.1. The summed E-state index contributed by atoms with van der Waals surface area (Å²) in [5.41, 5.74) is 2.30. The van der Waals surface area contributed by atoms with Crippen LogP contribution in [-0.2, 0) is 13.6 Å². The van der Waals surface area contributed by atoms with Crippen LogP contribution in [0.5, 0.6) is 0 Å². The molecule has 0 aliphatic carbocycles. The van der Waals surface area contributed by atoms with Crippen molar-refractivity contribution in [3.05, 3.63) is 54.5 Å². The minimum absolute atomic E-state index is 0.828. The molecular formula is C13H13N3. The second-order valence-electron chi connectivity index (χ2n) is 3.94. The lowest BCUT2D eigenvalue weighted by molar-refractivity contribution is 0.721. The summed E-state index contributed by atoms with van der Waals surface area (Å²) >= 11 is 0. The van der Waals surface area contributed by atoms with Gasteiger partial charge >= 0.3 is 0 Å². The van der Waals surface area contributed by atoms with Gasteiger partial charge in [-0.05, 0) is 18.2 Å². The van der Waals surface area contributed by atoms with Gasteiger partial charge in [-0.1, -0.05) is 18.2 Å². The summed E-state index contributed by atoms with van der Waals surface area (Å²) in [6, 6.07) is 12.4. The van der Waals surface area contributed by atoms with E-state index >= 15 is 0 Å². The van der Waals surface area contributed by atoms with E-state index in [-0.39, 0.29) is 0 Å². The zero-order valence-corrected chi connectivity index (χ0v) is 9.17. The van der Waals surface area contributed by atoms with Gasteiger partial charge in [-0.2, -0.15) is 5.10 Å². The van der Waals surface area contributed by atoms with Gasteiger partial charge in [-0.15, -0.1) is 0 Å². The van der Waals surface area contributed by atoms with Crippen LogP contribution in [0.15, 0.2) is 48.8 Å². The largest absolute Gasteiger partial charge is 0.348 e. The second kappa shape index (κ2) is 3.52. The Bertz CT molecular complexity index is 605. The first-order chi connectivity index (χ1) is 7.84. The first kappa shape index (κ1) is 9.21. The van der Waals surface area contributed by atoms with Crippen molar-refractivity contribution >= 4 is 10.9 Å². The number of aryl methyl sites for hydroxylation is 1. The number of hydrogen-bond donors (Lipinski definition) is 0. The van der Waals surface area contributed by atoms with Crippen molar-refractivity contribution in [2.45, 2.75) is 6.54 Å². The molecule has 0 amide bonds. The Hall–Kier alpha value is -2.03. The smallest absolute Gasteiger partial charge is 0.0900 e. The molecule has 16 heavy (non-hydrogen) atoms. The van der Waals surface area contributed by atoms with Crippen LogP contribution >= 0.6 is 0 Å². The van der Waals surface area contributed by atoms with E-state index in [1.165, 1.54) is 10.9 Å². The predicted molar refractivity (Wildman–Crippen MR) is 64.2 cm³/mol. The maximum atomic E-state index is 4.56. The van der Waals surface area contributed by atoms with E-state index in [0.29, 0.717) is 0 Å². The highest BCUT2D eigenvalue weighted by molar-refractivity contribution is 5.81. The van der Waals surface area contributed by atoms with Crippen LogP contribution in [0.1, 0.15) is 5.69 Å².